The minimum Gasteiger partial charge on any atom is -0.469 e. The van der Waals surface area contributed by atoms with Crippen molar-refractivity contribution in [1.29, 1.82) is 0 Å². The molecule has 0 heterocycles. The van der Waals surface area contributed by atoms with E-state index in [-0.39, 0.29) is 11.8 Å². The molecule has 4 heteroatoms. The van der Waals surface area contributed by atoms with E-state index in [0.717, 1.165) is 0 Å². The van der Waals surface area contributed by atoms with Crippen molar-refractivity contribution in [2.75, 3.05) is 19.0 Å². The molecule has 0 bridgehead atoms. The van der Waals surface area contributed by atoms with Crippen LogP contribution in [0.1, 0.15) is 13.8 Å². The van der Waals surface area contributed by atoms with Crippen LogP contribution in [0.3, 0.4) is 0 Å². The molecule has 1 aromatic rings. The average molecular weight is 225 g/mol. The predicted octanol–water partition coefficient (Wildman–Crippen LogP) is 2.44. The molecule has 3 nitrogen and oxygen atoms in total. The van der Waals surface area contributed by atoms with Crippen molar-refractivity contribution in [3.63, 3.8) is 0 Å². The zero-order valence-corrected chi connectivity index (χ0v) is 9.71. The lowest BCUT2D eigenvalue weighted by Gasteiger charge is -2.22. The molecule has 16 heavy (non-hydrogen) atoms. The van der Waals surface area contributed by atoms with Gasteiger partial charge in [0, 0.05) is 12.2 Å². The number of carbonyl (C=O) groups is 1. The summed E-state index contributed by atoms with van der Waals surface area (Å²) in [5.74, 6) is -0.600. The fourth-order valence-electron chi connectivity index (χ4n) is 1.27. The summed E-state index contributed by atoms with van der Waals surface area (Å²) in [6, 6.07) is 6.11. The standard InChI is InChI=1S/C12H16FNO2/c1-12(2,11(15)16-3)8-14-10-6-4-5-9(13)7-10/h4-7,14H,8H2,1-3H3. The number of halogens is 1. The summed E-state index contributed by atoms with van der Waals surface area (Å²) in [6.07, 6.45) is 0. The van der Waals surface area contributed by atoms with Crippen molar-refractivity contribution in [2.45, 2.75) is 13.8 Å². The third-order valence-electron chi connectivity index (χ3n) is 2.30. The molecule has 0 fully saturated rings. The number of nitrogens with one attached hydrogen (secondary N) is 1. The van der Waals surface area contributed by atoms with E-state index in [4.69, 9.17) is 0 Å². The summed E-state index contributed by atoms with van der Waals surface area (Å²) in [5, 5.41) is 3.00. The number of anilines is 1. The molecule has 0 aromatic heterocycles. The highest BCUT2D eigenvalue weighted by atomic mass is 19.1. The van der Waals surface area contributed by atoms with Crippen molar-refractivity contribution in [3.8, 4) is 0 Å². The number of esters is 1. The Morgan fingerprint density at radius 3 is 2.75 bits per heavy atom. The van der Waals surface area contributed by atoms with E-state index >= 15 is 0 Å². The lowest BCUT2D eigenvalue weighted by molar-refractivity contribution is -0.149. The fraction of sp³-hybridized carbons (Fsp3) is 0.417. The lowest BCUT2D eigenvalue weighted by atomic mass is 9.93. The molecule has 1 N–H and O–H groups in total. The normalized spacial score (nSPS) is 11.0. The summed E-state index contributed by atoms with van der Waals surface area (Å²) in [6.45, 7) is 3.93. The van der Waals surface area contributed by atoms with Crippen LogP contribution in [0.4, 0.5) is 10.1 Å². The van der Waals surface area contributed by atoms with Gasteiger partial charge in [0.25, 0.3) is 0 Å². The van der Waals surface area contributed by atoms with Crippen LogP contribution in [0.5, 0.6) is 0 Å². The molecular formula is C12H16FNO2. The minimum absolute atomic E-state index is 0.295. The maximum atomic E-state index is 12.9. The molecule has 0 aliphatic carbocycles. The van der Waals surface area contributed by atoms with E-state index in [0.29, 0.717) is 12.2 Å². The minimum atomic E-state index is -0.638. The first-order valence-corrected chi connectivity index (χ1v) is 5.03. The molecule has 88 valence electrons. The van der Waals surface area contributed by atoms with E-state index in [1.807, 2.05) is 0 Å². The molecular weight excluding hydrogens is 209 g/mol. The van der Waals surface area contributed by atoms with Crippen molar-refractivity contribution in [3.05, 3.63) is 30.1 Å². The van der Waals surface area contributed by atoms with Gasteiger partial charge >= 0.3 is 5.97 Å². The predicted molar refractivity (Wildman–Crippen MR) is 60.7 cm³/mol. The Balaban J connectivity index is 2.61. The molecule has 1 aromatic carbocycles. The fourth-order valence-corrected chi connectivity index (χ4v) is 1.27. The quantitative estimate of drug-likeness (QED) is 0.800. The molecule has 0 amide bonds. The van der Waals surface area contributed by atoms with Gasteiger partial charge in [-0.2, -0.15) is 0 Å². The second kappa shape index (κ2) is 4.96. The number of ether oxygens (including phenoxy) is 1. The van der Waals surface area contributed by atoms with E-state index < -0.39 is 5.41 Å². The second-order valence-electron chi connectivity index (χ2n) is 4.24. The largest absolute Gasteiger partial charge is 0.469 e. The molecule has 0 aliphatic rings. The van der Waals surface area contributed by atoms with Gasteiger partial charge in [0.2, 0.25) is 0 Å². The van der Waals surface area contributed by atoms with E-state index in [1.54, 1.807) is 26.0 Å². The summed E-state index contributed by atoms with van der Waals surface area (Å²) >= 11 is 0. The number of methoxy groups -OCH3 is 1. The number of rotatable bonds is 4. The van der Waals surface area contributed by atoms with Crippen LogP contribution in [0.15, 0.2) is 24.3 Å². The Morgan fingerprint density at radius 1 is 1.50 bits per heavy atom. The average Bonchev–Trinajstić information content (AvgIpc) is 2.25. The molecule has 0 atom stereocenters. The Kier molecular flexibility index (Phi) is 3.88. The first-order valence-electron chi connectivity index (χ1n) is 5.03. The highest BCUT2D eigenvalue weighted by molar-refractivity contribution is 5.76. The second-order valence-corrected chi connectivity index (χ2v) is 4.24. The SMILES string of the molecule is COC(=O)C(C)(C)CNc1cccc(F)c1. The van der Waals surface area contributed by atoms with Crippen molar-refractivity contribution in [2.24, 2.45) is 5.41 Å². The monoisotopic (exact) mass is 225 g/mol. The number of hydrogen-bond acceptors (Lipinski definition) is 3. The van der Waals surface area contributed by atoms with Gasteiger partial charge in [-0.25, -0.2) is 4.39 Å². The zero-order valence-electron chi connectivity index (χ0n) is 9.71. The Hall–Kier alpha value is -1.58. The Bertz CT molecular complexity index is 377. The van der Waals surface area contributed by atoms with Crippen LogP contribution >= 0.6 is 0 Å². The molecule has 0 aliphatic heterocycles. The number of hydrogen-bond donors (Lipinski definition) is 1. The topological polar surface area (TPSA) is 38.3 Å². The highest BCUT2D eigenvalue weighted by Crippen LogP contribution is 2.18. The van der Waals surface area contributed by atoms with Crippen LogP contribution in [0, 0.1) is 11.2 Å². The zero-order chi connectivity index (χ0) is 12.2. The van der Waals surface area contributed by atoms with Crippen LogP contribution in [0.2, 0.25) is 0 Å². The van der Waals surface area contributed by atoms with Crippen molar-refractivity contribution in [1.82, 2.24) is 0 Å². The molecule has 1 rings (SSSR count). The van der Waals surface area contributed by atoms with Gasteiger partial charge in [-0.15, -0.1) is 0 Å². The van der Waals surface area contributed by atoms with E-state index in [2.05, 4.69) is 10.1 Å². The Morgan fingerprint density at radius 2 is 2.19 bits per heavy atom. The molecule has 0 unspecified atom stereocenters. The van der Waals surface area contributed by atoms with Gasteiger partial charge < -0.3 is 10.1 Å². The molecule has 0 saturated heterocycles. The third-order valence-corrected chi connectivity index (χ3v) is 2.30. The van der Waals surface area contributed by atoms with Gasteiger partial charge in [0.05, 0.1) is 12.5 Å². The van der Waals surface area contributed by atoms with Gasteiger partial charge in [-0.05, 0) is 32.0 Å². The maximum absolute atomic E-state index is 12.9. The smallest absolute Gasteiger partial charge is 0.313 e. The van der Waals surface area contributed by atoms with E-state index in [1.165, 1.54) is 19.2 Å². The van der Waals surface area contributed by atoms with Gasteiger partial charge in [-0.1, -0.05) is 6.07 Å². The van der Waals surface area contributed by atoms with Crippen LogP contribution in [-0.4, -0.2) is 19.6 Å². The summed E-state index contributed by atoms with van der Waals surface area (Å²) in [5.41, 5.74) is 0.0121. The Labute approximate surface area is 94.6 Å². The first-order chi connectivity index (χ1) is 7.45. The van der Waals surface area contributed by atoms with Crippen LogP contribution in [0.25, 0.3) is 0 Å². The first kappa shape index (κ1) is 12.5. The molecule has 0 radical (unpaired) electrons. The van der Waals surface area contributed by atoms with Crippen molar-refractivity contribution < 1.29 is 13.9 Å². The third kappa shape index (κ3) is 3.22. The number of benzene rings is 1. The van der Waals surface area contributed by atoms with Crippen LogP contribution < -0.4 is 5.32 Å². The van der Waals surface area contributed by atoms with Gasteiger partial charge in [0.15, 0.2) is 0 Å². The summed E-state index contributed by atoms with van der Waals surface area (Å²) < 4.78 is 17.6. The van der Waals surface area contributed by atoms with Crippen molar-refractivity contribution >= 4 is 11.7 Å². The van der Waals surface area contributed by atoms with Gasteiger partial charge in [0.1, 0.15) is 5.82 Å². The summed E-state index contributed by atoms with van der Waals surface area (Å²) in [4.78, 5) is 11.4. The number of carbonyl (C=O) groups excluding carboxylic acids is 1. The molecule has 0 saturated carbocycles. The van der Waals surface area contributed by atoms with E-state index in [9.17, 15) is 9.18 Å². The highest BCUT2D eigenvalue weighted by Gasteiger charge is 2.28. The molecule has 0 spiro atoms. The maximum Gasteiger partial charge on any atom is 0.313 e. The lowest BCUT2D eigenvalue weighted by Crippen LogP contribution is -2.33. The van der Waals surface area contributed by atoms with Crippen LogP contribution in [-0.2, 0) is 9.53 Å². The summed E-state index contributed by atoms with van der Waals surface area (Å²) in [7, 11) is 1.35. The van der Waals surface area contributed by atoms with Gasteiger partial charge in [-0.3, -0.25) is 4.79 Å².